The van der Waals surface area contributed by atoms with Crippen molar-refractivity contribution in [3.63, 3.8) is 0 Å². The predicted octanol–water partition coefficient (Wildman–Crippen LogP) is 2.02. The highest BCUT2D eigenvalue weighted by molar-refractivity contribution is 5.31. The Morgan fingerprint density at radius 1 is 1.21 bits per heavy atom. The minimum atomic E-state index is -4.47. The molecule has 0 unspecified atom stereocenters. The van der Waals surface area contributed by atoms with Crippen LogP contribution in [0.3, 0.4) is 0 Å². The number of ether oxygens (including phenoxy) is 1. The molecule has 0 bridgehead atoms. The number of fused-ring (bicyclic) bond motifs is 1. The van der Waals surface area contributed by atoms with Gasteiger partial charge in [-0.2, -0.15) is 13.2 Å². The lowest BCUT2D eigenvalue weighted by atomic mass is 10.0. The van der Waals surface area contributed by atoms with Crippen molar-refractivity contribution in [1.29, 1.82) is 0 Å². The molecule has 0 amide bonds. The summed E-state index contributed by atoms with van der Waals surface area (Å²) in [6.45, 7) is 4.12. The van der Waals surface area contributed by atoms with Crippen LogP contribution in [0.2, 0.25) is 0 Å². The number of alkyl halides is 3. The van der Waals surface area contributed by atoms with E-state index < -0.39 is 17.5 Å². The van der Waals surface area contributed by atoms with Crippen LogP contribution >= 0.6 is 0 Å². The van der Waals surface area contributed by atoms with E-state index >= 15 is 0 Å². The number of nitrogens with zero attached hydrogens (tertiary/aromatic N) is 2. The monoisotopic (exact) mass is 275 g/mol. The van der Waals surface area contributed by atoms with Gasteiger partial charge in [-0.3, -0.25) is 0 Å². The van der Waals surface area contributed by atoms with Gasteiger partial charge in [0.25, 0.3) is 0 Å². The van der Waals surface area contributed by atoms with E-state index in [0.29, 0.717) is 18.8 Å². The van der Waals surface area contributed by atoms with Gasteiger partial charge in [0.05, 0.1) is 5.69 Å². The largest absolute Gasteiger partial charge is 0.433 e. The van der Waals surface area contributed by atoms with Crippen LogP contribution in [0.4, 0.5) is 13.2 Å². The van der Waals surface area contributed by atoms with Gasteiger partial charge in [-0.25, -0.2) is 9.97 Å². The molecule has 0 aliphatic carbocycles. The van der Waals surface area contributed by atoms with Gasteiger partial charge < -0.3 is 10.1 Å². The zero-order chi connectivity index (χ0) is 14.3. The maximum Gasteiger partial charge on any atom is 0.433 e. The molecule has 0 radical (unpaired) electrons. The van der Waals surface area contributed by atoms with Crippen LogP contribution < -0.4 is 5.32 Å². The molecule has 1 N–H and O–H groups in total. The molecule has 1 aromatic rings. The molecule has 0 saturated carbocycles. The van der Waals surface area contributed by atoms with Crippen molar-refractivity contribution in [3.05, 3.63) is 22.8 Å². The quantitative estimate of drug-likeness (QED) is 0.897. The molecule has 19 heavy (non-hydrogen) atoms. The molecule has 0 aromatic carbocycles. The minimum Gasteiger partial charge on any atom is -0.371 e. The highest BCUT2D eigenvalue weighted by Crippen LogP contribution is 2.34. The smallest absolute Gasteiger partial charge is 0.371 e. The third-order valence-corrected chi connectivity index (χ3v) is 3.25. The van der Waals surface area contributed by atoms with Crippen LogP contribution in [0.15, 0.2) is 0 Å². The first kappa shape index (κ1) is 14.2. The SMILES string of the molecule is COC(C)(C)c1nc2c(c(C(F)(F)F)n1)CCNC2. The van der Waals surface area contributed by atoms with Crippen molar-refractivity contribution in [2.45, 2.75) is 38.6 Å². The number of methoxy groups -OCH3 is 1. The fourth-order valence-corrected chi connectivity index (χ4v) is 1.95. The van der Waals surface area contributed by atoms with Crippen molar-refractivity contribution >= 4 is 0 Å². The fourth-order valence-electron chi connectivity index (χ4n) is 1.95. The summed E-state index contributed by atoms with van der Waals surface area (Å²) in [6.07, 6.45) is -4.18. The molecular formula is C12H16F3N3O. The summed E-state index contributed by atoms with van der Waals surface area (Å²) < 4.78 is 44.5. The molecular weight excluding hydrogens is 259 g/mol. The van der Waals surface area contributed by atoms with Gasteiger partial charge in [0.15, 0.2) is 11.5 Å². The number of nitrogens with one attached hydrogen (secondary N) is 1. The molecule has 7 heteroatoms. The Balaban J connectivity index is 2.61. The maximum atomic E-state index is 13.1. The molecule has 0 fully saturated rings. The summed E-state index contributed by atoms with van der Waals surface area (Å²) in [4.78, 5) is 7.94. The standard InChI is InChI=1S/C12H16F3N3O/c1-11(2,19-3)10-17-8-6-16-5-4-7(8)9(18-10)12(13,14)15/h16H,4-6H2,1-3H3. The average Bonchev–Trinajstić information content (AvgIpc) is 2.36. The molecule has 1 aliphatic heterocycles. The van der Waals surface area contributed by atoms with Crippen molar-refractivity contribution < 1.29 is 17.9 Å². The molecule has 4 nitrogen and oxygen atoms in total. The third kappa shape index (κ3) is 2.71. The molecule has 0 atom stereocenters. The van der Waals surface area contributed by atoms with Gasteiger partial charge in [0.1, 0.15) is 5.60 Å². The normalized spacial score (nSPS) is 16.3. The van der Waals surface area contributed by atoms with E-state index in [9.17, 15) is 13.2 Å². The molecule has 2 rings (SSSR count). The first-order valence-corrected chi connectivity index (χ1v) is 5.99. The lowest BCUT2D eigenvalue weighted by molar-refractivity contribution is -0.142. The lowest BCUT2D eigenvalue weighted by Crippen LogP contribution is -2.32. The highest BCUT2D eigenvalue weighted by atomic mass is 19.4. The van der Waals surface area contributed by atoms with Gasteiger partial charge >= 0.3 is 6.18 Å². The number of hydrogen-bond donors (Lipinski definition) is 1. The van der Waals surface area contributed by atoms with Gasteiger partial charge in [0, 0.05) is 19.2 Å². The molecule has 1 aromatic heterocycles. The van der Waals surface area contributed by atoms with E-state index in [-0.39, 0.29) is 17.8 Å². The summed E-state index contributed by atoms with van der Waals surface area (Å²) >= 11 is 0. The van der Waals surface area contributed by atoms with E-state index in [1.54, 1.807) is 13.8 Å². The number of halogens is 3. The van der Waals surface area contributed by atoms with Crippen molar-refractivity contribution in [2.75, 3.05) is 13.7 Å². The first-order valence-electron chi connectivity index (χ1n) is 5.99. The molecule has 1 aliphatic rings. The first-order chi connectivity index (χ1) is 8.75. The average molecular weight is 275 g/mol. The Bertz CT molecular complexity index is 486. The second-order valence-electron chi connectivity index (χ2n) is 4.96. The van der Waals surface area contributed by atoms with E-state index in [4.69, 9.17) is 4.74 Å². The van der Waals surface area contributed by atoms with Crippen LogP contribution in [0.5, 0.6) is 0 Å². The Morgan fingerprint density at radius 3 is 2.47 bits per heavy atom. The van der Waals surface area contributed by atoms with Gasteiger partial charge in [-0.15, -0.1) is 0 Å². The Morgan fingerprint density at radius 2 is 1.89 bits per heavy atom. The van der Waals surface area contributed by atoms with Gasteiger partial charge in [-0.1, -0.05) is 0 Å². The third-order valence-electron chi connectivity index (χ3n) is 3.25. The van der Waals surface area contributed by atoms with Crippen LogP contribution in [0.25, 0.3) is 0 Å². The Hall–Kier alpha value is -1.21. The number of aromatic nitrogens is 2. The van der Waals surface area contributed by atoms with Gasteiger partial charge in [0.2, 0.25) is 0 Å². The summed E-state index contributed by atoms with van der Waals surface area (Å²) in [5.41, 5.74) is -1.18. The summed E-state index contributed by atoms with van der Waals surface area (Å²) in [7, 11) is 1.42. The summed E-state index contributed by atoms with van der Waals surface area (Å²) in [5, 5.41) is 3.02. The number of rotatable bonds is 2. The van der Waals surface area contributed by atoms with Crippen molar-refractivity contribution in [2.24, 2.45) is 0 Å². The molecule has 0 saturated heterocycles. The Kier molecular flexibility index (Phi) is 3.53. The highest BCUT2D eigenvalue weighted by Gasteiger charge is 2.39. The molecule has 0 spiro atoms. The van der Waals surface area contributed by atoms with Crippen LogP contribution in [-0.2, 0) is 29.5 Å². The van der Waals surface area contributed by atoms with Crippen molar-refractivity contribution in [3.8, 4) is 0 Å². The molecule has 2 heterocycles. The second-order valence-corrected chi connectivity index (χ2v) is 4.96. The second kappa shape index (κ2) is 4.72. The van der Waals surface area contributed by atoms with Crippen LogP contribution in [-0.4, -0.2) is 23.6 Å². The minimum absolute atomic E-state index is 0.0600. The van der Waals surface area contributed by atoms with E-state index in [1.165, 1.54) is 7.11 Å². The predicted molar refractivity (Wildman–Crippen MR) is 62.5 cm³/mol. The van der Waals surface area contributed by atoms with Crippen LogP contribution in [0, 0.1) is 0 Å². The maximum absolute atomic E-state index is 13.1. The lowest BCUT2D eigenvalue weighted by Gasteiger charge is -2.26. The summed E-state index contributed by atoms with van der Waals surface area (Å²) in [6, 6.07) is 0. The number of hydrogen-bond acceptors (Lipinski definition) is 4. The fraction of sp³-hybridized carbons (Fsp3) is 0.667. The topological polar surface area (TPSA) is 47.0 Å². The van der Waals surface area contributed by atoms with E-state index in [0.717, 1.165) is 0 Å². The summed E-state index contributed by atoms with van der Waals surface area (Å²) in [5.74, 6) is 0.0600. The van der Waals surface area contributed by atoms with E-state index in [2.05, 4.69) is 15.3 Å². The van der Waals surface area contributed by atoms with Gasteiger partial charge in [-0.05, 0) is 26.8 Å². The zero-order valence-electron chi connectivity index (χ0n) is 11.1. The van der Waals surface area contributed by atoms with Crippen molar-refractivity contribution in [1.82, 2.24) is 15.3 Å². The molecule has 106 valence electrons. The van der Waals surface area contributed by atoms with Crippen LogP contribution in [0.1, 0.15) is 36.6 Å². The Labute approximate surface area is 109 Å². The zero-order valence-corrected chi connectivity index (χ0v) is 11.1. The van der Waals surface area contributed by atoms with E-state index in [1.807, 2.05) is 0 Å².